The SMILES string of the molecule is CCCCCC(=O)OS(=O)(=O)CCN.[Na]. The Kier molecular flexibility index (Phi) is 11.4. The van der Waals surface area contributed by atoms with Crippen molar-refractivity contribution in [2.45, 2.75) is 32.6 Å². The quantitative estimate of drug-likeness (QED) is 0.389. The van der Waals surface area contributed by atoms with Crippen LogP contribution in [0.1, 0.15) is 32.6 Å². The summed E-state index contributed by atoms with van der Waals surface area (Å²) in [5.41, 5.74) is 5.04. The van der Waals surface area contributed by atoms with Crippen LogP contribution in [0.5, 0.6) is 0 Å². The van der Waals surface area contributed by atoms with Gasteiger partial charge in [-0.3, -0.25) is 4.79 Å². The van der Waals surface area contributed by atoms with Crippen LogP contribution in [0, 0.1) is 0 Å². The average molecular weight is 246 g/mol. The van der Waals surface area contributed by atoms with Crippen molar-refractivity contribution >= 4 is 45.6 Å². The largest absolute Gasteiger partial charge is 0.346 e. The summed E-state index contributed by atoms with van der Waals surface area (Å²) in [6, 6.07) is 0. The van der Waals surface area contributed by atoms with Gasteiger partial charge in [0.1, 0.15) is 0 Å². The Morgan fingerprint density at radius 2 is 1.93 bits per heavy atom. The Bertz CT molecular complexity index is 266. The molecule has 0 fully saturated rings. The molecule has 7 heteroatoms. The van der Waals surface area contributed by atoms with Gasteiger partial charge in [0.25, 0.3) is 0 Å². The Balaban J connectivity index is 0. The number of carbonyl (C=O) groups excluding carboxylic acids is 1. The van der Waals surface area contributed by atoms with Crippen molar-refractivity contribution in [3.05, 3.63) is 0 Å². The molecule has 0 aliphatic carbocycles. The summed E-state index contributed by atoms with van der Waals surface area (Å²) < 4.78 is 26.2. The molecule has 0 unspecified atom stereocenters. The molecule has 0 saturated carbocycles. The van der Waals surface area contributed by atoms with E-state index in [4.69, 9.17) is 5.73 Å². The molecule has 0 rings (SSSR count). The van der Waals surface area contributed by atoms with Gasteiger partial charge in [0.05, 0.1) is 5.75 Å². The molecule has 2 N–H and O–H groups in total. The minimum absolute atomic E-state index is 0. The molecule has 0 bridgehead atoms. The molecular formula is C8H17NNaO4S. The first-order valence-corrected chi connectivity index (χ1v) is 6.24. The third-order valence-electron chi connectivity index (χ3n) is 1.57. The molecule has 5 nitrogen and oxygen atoms in total. The molecule has 0 atom stereocenters. The number of carbonyl (C=O) groups is 1. The summed E-state index contributed by atoms with van der Waals surface area (Å²) in [7, 11) is -3.74. The molecule has 0 saturated heterocycles. The van der Waals surface area contributed by atoms with E-state index in [9.17, 15) is 13.2 Å². The van der Waals surface area contributed by atoms with Crippen molar-refractivity contribution in [1.29, 1.82) is 0 Å². The van der Waals surface area contributed by atoms with Crippen LogP contribution in [-0.4, -0.2) is 56.2 Å². The first kappa shape index (κ1) is 17.8. The van der Waals surface area contributed by atoms with Crippen LogP contribution in [0.25, 0.3) is 0 Å². The van der Waals surface area contributed by atoms with Gasteiger partial charge in [-0.25, -0.2) is 0 Å². The first-order chi connectivity index (χ1) is 6.52. The van der Waals surface area contributed by atoms with Crippen LogP contribution in [0.2, 0.25) is 0 Å². The third-order valence-corrected chi connectivity index (χ3v) is 2.75. The van der Waals surface area contributed by atoms with E-state index in [1.165, 1.54) is 0 Å². The molecule has 1 radical (unpaired) electrons. The second-order valence-electron chi connectivity index (χ2n) is 2.96. The summed E-state index contributed by atoms with van der Waals surface area (Å²) in [5.74, 6) is -1.00. The van der Waals surface area contributed by atoms with Crippen molar-refractivity contribution in [3.8, 4) is 0 Å². The van der Waals surface area contributed by atoms with Crippen LogP contribution in [-0.2, 0) is 19.1 Å². The van der Waals surface area contributed by atoms with Gasteiger partial charge in [-0.05, 0) is 6.42 Å². The Labute approximate surface area is 113 Å². The standard InChI is InChI=1S/C8H17NO4S.Na/c1-2-3-4-5-8(10)13-14(11,12)7-6-9;/h2-7,9H2,1H3;. The Morgan fingerprint density at radius 1 is 1.33 bits per heavy atom. The maximum Gasteiger partial charge on any atom is 0.322 e. The molecule has 0 spiro atoms. The topological polar surface area (TPSA) is 86.5 Å². The van der Waals surface area contributed by atoms with E-state index in [1.54, 1.807) is 0 Å². The minimum Gasteiger partial charge on any atom is -0.346 e. The smallest absolute Gasteiger partial charge is 0.322 e. The molecule has 0 aromatic heterocycles. The van der Waals surface area contributed by atoms with E-state index >= 15 is 0 Å². The molecule has 0 aliphatic heterocycles. The van der Waals surface area contributed by atoms with Crippen molar-refractivity contribution in [1.82, 2.24) is 0 Å². The Morgan fingerprint density at radius 3 is 2.40 bits per heavy atom. The maximum atomic E-state index is 11.0. The van der Waals surface area contributed by atoms with Gasteiger partial charge in [0, 0.05) is 42.5 Å². The maximum absolute atomic E-state index is 11.0. The zero-order valence-electron chi connectivity index (χ0n) is 9.36. The van der Waals surface area contributed by atoms with E-state index in [-0.39, 0.29) is 48.3 Å². The van der Waals surface area contributed by atoms with Gasteiger partial charge in [-0.1, -0.05) is 19.8 Å². The molecule has 15 heavy (non-hydrogen) atoms. The predicted molar refractivity (Wildman–Crippen MR) is 58.8 cm³/mol. The number of hydrogen-bond acceptors (Lipinski definition) is 5. The predicted octanol–water partition coefficient (Wildman–Crippen LogP) is 0.0176. The Hall–Kier alpha value is 0.380. The van der Waals surface area contributed by atoms with E-state index in [2.05, 4.69) is 4.18 Å². The molecule has 0 heterocycles. The van der Waals surface area contributed by atoms with Crippen LogP contribution in [0.3, 0.4) is 0 Å². The zero-order chi connectivity index (χ0) is 11.0. The van der Waals surface area contributed by atoms with Crippen molar-refractivity contribution in [2.75, 3.05) is 12.3 Å². The summed E-state index contributed by atoms with van der Waals surface area (Å²) in [4.78, 5) is 11.0. The molecule has 0 aromatic rings. The number of rotatable bonds is 7. The zero-order valence-corrected chi connectivity index (χ0v) is 12.2. The van der Waals surface area contributed by atoms with E-state index in [0.29, 0.717) is 6.42 Å². The van der Waals surface area contributed by atoms with Gasteiger partial charge < -0.3 is 9.92 Å². The van der Waals surface area contributed by atoms with Crippen LogP contribution >= 0.6 is 0 Å². The second-order valence-corrected chi connectivity index (χ2v) is 4.65. The van der Waals surface area contributed by atoms with E-state index in [0.717, 1.165) is 12.8 Å². The fraction of sp³-hybridized carbons (Fsp3) is 0.875. The van der Waals surface area contributed by atoms with Crippen LogP contribution in [0.15, 0.2) is 0 Å². The fourth-order valence-corrected chi connectivity index (χ4v) is 1.63. The van der Waals surface area contributed by atoms with Gasteiger partial charge in [0.2, 0.25) is 0 Å². The van der Waals surface area contributed by atoms with E-state index in [1.807, 2.05) is 6.92 Å². The van der Waals surface area contributed by atoms with Gasteiger partial charge in [-0.15, -0.1) is 0 Å². The van der Waals surface area contributed by atoms with Gasteiger partial charge in [0.15, 0.2) is 0 Å². The molecular weight excluding hydrogens is 229 g/mol. The second kappa shape index (κ2) is 9.59. The van der Waals surface area contributed by atoms with Crippen molar-refractivity contribution < 1.29 is 17.4 Å². The fourth-order valence-electron chi connectivity index (χ4n) is 0.889. The van der Waals surface area contributed by atoms with Crippen LogP contribution in [0.4, 0.5) is 0 Å². The first-order valence-electron chi connectivity index (χ1n) is 4.67. The van der Waals surface area contributed by atoms with Crippen LogP contribution < -0.4 is 5.73 Å². The monoisotopic (exact) mass is 246 g/mol. The number of nitrogens with two attached hydrogens (primary N) is 1. The van der Waals surface area contributed by atoms with E-state index < -0.39 is 16.1 Å². The third kappa shape index (κ3) is 10.7. The molecule has 85 valence electrons. The molecule has 0 amide bonds. The van der Waals surface area contributed by atoms with Gasteiger partial charge >= 0.3 is 16.1 Å². The summed E-state index contributed by atoms with van der Waals surface area (Å²) in [6.45, 7) is 1.96. The number of hydrogen-bond donors (Lipinski definition) is 1. The number of unbranched alkanes of at least 4 members (excludes halogenated alkanes) is 2. The molecule has 0 aromatic carbocycles. The summed E-state index contributed by atoms with van der Waals surface area (Å²) >= 11 is 0. The van der Waals surface area contributed by atoms with Crippen molar-refractivity contribution in [2.24, 2.45) is 5.73 Å². The minimum atomic E-state index is -3.74. The van der Waals surface area contributed by atoms with Gasteiger partial charge in [-0.2, -0.15) is 8.42 Å². The summed E-state index contributed by atoms with van der Waals surface area (Å²) in [5, 5.41) is 0. The summed E-state index contributed by atoms with van der Waals surface area (Å²) in [6.07, 6.45) is 2.68. The molecule has 0 aliphatic rings. The van der Waals surface area contributed by atoms with Crippen molar-refractivity contribution in [3.63, 3.8) is 0 Å². The normalized spacial score (nSPS) is 10.5. The average Bonchev–Trinajstić information content (AvgIpc) is 2.03.